The van der Waals surface area contributed by atoms with Gasteiger partial charge in [0.05, 0.1) is 11.4 Å². The van der Waals surface area contributed by atoms with Crippen molar-refractivity contribution in [2.45, 2.75) is 32.2 Å². The Morgan fingerprint density at radius 1 is 1.39 bits per heavy atom. The maximum Gasteiger partial charge on any atom is 0.0767 e. The second-order valence-electron chi connectivity index (χ2n) is 4.88. The average Bonchev–Trinajstić information content (AvgIpc) is 3.12. The molecule has 1 heterocycles. The van der Waals surface area contributed by atoms with Gasteiger partial charge in [0.2, 0.25) is 0 Å². The summed E-state index contributed by atoms with van der Waals surface area (Å²) in [5.74, 6) is 0.635. The molecular formula is C14H16ClN3. The molecule has 1 aliphatic carbocycles. The number of benzene rings is 1. The molecule has 4 heteroatoms. The monoisotopic (exact) mass is 261 g/mol. The van der Waals surface area contributed by atoms with Crippen LogP contribution in [-0.2, 0) is 6.54 Å². The van der Waals surface area contributed by atoms with Crippen molar-refractivity contribution in [1.29, 1.82) is 0 Å². The van der Waals surface area contributed by atoms with Crippen LogP contribution in [0, 0.1) is 6.92 Å². The topological polar surface area (TPSA) is 43.8 Å². The first kappa shape index (κ1) is 11.8. The van der Waals surface area contributed by atoms with Crippen LogP contribution in [0.3, 0.4) is 0 Å². The van der Waals surface area contributed by atoms with Gasteiger partial charge < -0.3 is 5.73 Å². The molecule has 2 aromatic rings. The van der Waals surface area contributed by atoms with E-state index in [1.54, 1.807) is 0 Å². The SMILES string of the molecule is Cc1ccc(Cl)cc1-n1nc(CN)cc1C1CC1. The minimum Gasteiger partial charge on any atom is -0.325 e. The van der Waals surface area contributed by atoms with Gasteiger partial charge in [0, 0.05) is 23.2 Å². The first-order chi connectivity index (χ1) is 8.69. The summed E-state index contributed by atoms with van der Waals surface area (Å²) < 4.78 is 2.01. The van der Waals surface area contributed by atoms with Crippen LogP contribution in [-0.4, -0.2) is 9.78 Å². The molecule has 94 valence electrons. The molecule has 2 N–H and O–H groups in total. The zero-order valence-corrected chi connectivity index (χ0v) is 11.1. The van der Waals surface area contributed by atoms with Gasteiger partial charge in [-0.05, 0) is 43.5 Å². The molecule has 0 radical (unpaired) electrons. The Kier molecular flexibility index (Phi) is 2.88. The van der Waals surface area contributed by atoms with Crippen LogP contribution in [0.5, 0.6) is 0 Å². The van der Waals surface area contributed by atoms with Gasteiger partial charge in [-0.3, -0.25) is 0 Å². The minimum absolute atomic E-state index is 0.479. The summed E-state index contributed by atoms with van der Waals surface area (Å²) in [7, 11) is 0. The molecule has 1 aromatic heterocycles. The van der Waals surface area contributed by atoms with E-state index in [0.29, 0.717) is 12.5 Å². The van der Waals surface area contributed by atoms with E-state index in [1.165, 1.54) is 24.1 Å². The molecule has 0 amide bonds. The fourth-order valence-electron chi connectivity index (χ4n) is 2.22. The highest BCUT2D eigenvalue weighted by atomic mass is 35.5. The Hall–Kier alpha value is -1.32. The lowest BCUT2D eigenvalue weighted by Crippen LogP contribution is -2.04. The Morgan fingerprint density at radius 2 is 2.17 bits per heavy atom. The highest BCUT2D eigenvalue weighted by Crippen LogP contribution is 2.41. The molecule has 1 aromatic carbocycles. The van der Waals surface area contributed by atoms with E-state index in [2.05, 4.69) is 18.1 Å². The molecule has 18 heavy (non-hydrogen) atoms. The molecule has 1 aliphatic rings. The van der Waals surface area contributed by atoms with Gasteiger partial charge in [0.15, 0.2) is 0 Å². The quantitative estimate of drug-likeness (QED) is 0.922. The van der Waals surface area contributed by atoms with Gasteiger partial charge in [0.25, 0.3) is 0 Å². The third kappa shape index (κ3) is 2.04. The molecule has 0 atom stereocenters. The average molecular weight is 262 g/mol. The fourth-order valence-corrected chi connectivity index (χ4v) is 2.39. The third-order valence-electron chi connectivity index (χ3n) is 3.39. The largest absolute Gasteiger partial charge is 0.325 e. The van der Waals surface area contributed by atoms with E-state index in [4.69, 9.17) is 17.3 Å². The lowest BCUT2D eigenvalue weighted by atomic mass is 10.2. The van der Waals surface area contributed by atoms with Crippen molar-refractivity contribution in [2.75, 3.05) is 0 Å². The predicted octanol–water partition coefficient (Wildman–Crippen LogP) is 3.17. The summed E-state index contributed by atoms with van der Waals surface area (Å²) in [5.41, 5.74) is 10.1. The van der Waals surface area contributed by atoms with Gasteiger partial charge in [-0.1, -0.05) is 17.7 Å². The molecule has 3 rings (SSSR count). The van der Waals surface area contributed by atoms with Gasteiger partial charge in [0.1, 0.15) is 0 Å². The molecule has 0 aliphatic heterocycles. The zero-order chi connectivity index (χ0) is 12.7. The Balaban J connectivity index is 2.14. The van der Waals surface area contributed by atoms with Gasteiger partial charge in [-0.15, -0.1) is 0 Å². The number of nitrogens with zero attached hydrogens (tertiary/aromatic N) is 2. The van der Waals surface area contributed by atoms with E-state index >= 15 is 0 Å². The van der Waals surface area contributed by atoms with E-state index < -0.39 is 0 Å². The van der Waals surface area contributed by atoms with Crippen LogP contribution >= 0.6 is 11.6 Å². The predicted molar refractivity (Wildman–Crippen MR) is 73.2 cm³/mol. The Bertz CT molecular complexity index is 585. The highest BCUT2D eigenvalue weighted by Gasteiger charge is 2.28. The molecule has 0 saturated heterocycles. The normalized spacial score (nSPS) is 15.1. The van der Waals surface area contributed by atoms with Crippen LogP contribution in [0.25, 0.3) is 5.69 Å². The van der Waals surface area contributed by atoms with Crippen LogP contribution in [0.1, 0.15) is 35.7 Å². The first-order valence-corrected chi connectivity index (χ1v) is 6.62. The molecule has 0 bridgehead atoms. The number of aromatic nitrogens is 2. The highest BCUT2D eigenvalue weighted by molar-refractivity contribution is 6.30. The standard InChI is InChI=1S/C14H16ClN3/c1-9-2-5-11(15)6-13(9)18-14(10-3-4-10)7-12(8-16)17-18/h2,5-7,10H,3-4,8,16H2,1H3. The molecule has 3 nitrogen and oxygen atoms in total. The number of rotatable bonds is 3. The zero-order valence-electron chi connectivity index (χ0n) is 10.4. The van der Waals surface area contributed by atoms with Gasteiger partial charge >= 0.3 is 0 Å². The third-order valence-corrected chi connectivity index (χ3v) is 3.63. The lowest BCUT2D eigenvalue weighted by molar-refractivity contribution is 0.781. The second-order valence-corrected chi connectivity index (χ2v) is 5.32. The maximum atomic E-state index is 6.09. The van der Waals surface area contributed by atoms with Crippen molar-refractivity contribution in [3.63, 3.8) is 0 Å². The van der Waals surface area contributed by atoms with E-state index in [-0.39, 0.29) is 0 Å². The van der Waals surface area contributed by atoms with Crippen LogP contribution in [0.4, 0.5) is 0 Å². The maximum absolute atomic E-state index is 6.09. The number of aryl methyl sites for hydroxylation is 1. The summed E-state index contributed by atoms with van der Waals surface area (Å²) in [5, 5.41) is 5.33. The van der Waals surface area contributed by atoms with Crippen molar-refractivity contribution in [1.82, 2.24) is 9.78 Å². The molecule has 1 saturated carbocycles. The smallest absolute Gasteiger partial charge is 0.0767 e. The molecule has 0 spiro atoms. The van der Waals surface area contributed by atoms with Crippen LogP contribution in [0.15, 0.2) is 24.3 Å². The Labute approximate surface area is 112 Å². The van der Waals surface area contributed by atoms with Crippen molar-refractivity contribution in [3.8, 4) is 5.69 Å². The molecule has 0 unspecified atom stereocenters. The molecule has 1 fully saturated rings. The fraction of sp³-hybridized carbons (Fsp3) is 0.357. The second kappa shape index (κ2) is 4.41. The summed E-state index contributed by atoms with van der Waals surface area (Å²) in [6.45, 7) is 2.55. The van der Waals surface area contributed by atoms with Crippen LogP contribution < -0.4 is 5.73 Å². The summed E-state index contributed by atoms with van der Waals surface area (Å²) in [4.78, 5) is 0. The van der Waals surface area contributed by atoms with E-state index in [1.807, 2.05) is 22.9 Å². The number of hydrogen-bond acceptors (Lipinski definition) is 2. The Morgan fingerprint density at radius 3 is 2.83 bits per heavy atom. The number of hydrogen-bond donors (Lipinski definition) is 1. The van der Waals surface area contributed by atoms with E-state index in [9.17, 15) is 0 Å². The van der Waals surface area contributed by atoms with Gasteiger partial charge in [-0.2, -0.15) is 5.10 Å². The van der Waals surface area contributed by atoms with Gasteiger partial charge in [-0.25, -0.2) is 4.68 Å². The van der Waals surface area contributed by atoms with E-state index in [0.717, 1.165) is 16.4 Å². The van der Waals surface area contributed by atoms with Crippen molar-refractivity contribution < 1.29 is 0 Å². The lowest BCUT2D eigenvalue weighted by Gasteiger charge is -2.10. The minimum atomic E-state index is 0.479. The number of halogens is 1. The van der Waals surface area contributed by atoms with Crippen molar-refractivity contribution in [2.24, 2.45) is 5.73 Å². The van der Waals surface area contributed by atoms with Crippen molar-refractivity contribution >= 4 is 11.6 Å². The summed E-state index contributed by atoms with van der Waals surface area (Å²) in [6.07, 6.45) is 2.49. The first-order valence-electron chi connectivity index (χ1n) is 6.24. The molecular weight excluding hydrogens is 246 g/mol. The summed E-state index contributed by atoms with van der Waals surface area (Å²) in [6, 6.07) is 8.02. The number of nitrogens with two attached hydrogens (primary N) is 1. The van der Waals surface area contributed by atoms with Crippen molar-refractivity contribution in [3.05, 3.63) is 46.2 Å². The summed E-state index contributed by atoms with van der Waals surface area (Å²) >= 11 is 6.09. The van der Waals surface area contributed by atoms with Crippen LogP contribution in [0.2, 0.25) is 5.02 Å².